The molecule has 0 aliphatic carbocycles. The standard InChI is InChI=1S/C13H12F3N5O2/c14-9-5-7(1-2-8(9)11(15)16)13(22)21-3-4-23-10(6-21)12-17-19-20-18-12/h1-2,5,10-11H,3-4,6H2,(H,17,18,19,20). The van der Waals surface area contributed by atoms with Gasteiger partial charge in [0.2, 0.25) is 5.82 Å². The van der Waals surface area contributed by atoms with Gasteiger partial charge < -0.3 is 9.64 Å². The van der Waals surface area contributed by atoms with Crippen LogP contribution in [0.2, 0.25) is 0 Å². The Morgan fingerprint density at radius 3 is 2.91 bits per heavy atom. The number of halogens is 3. The van der Waals surface area contributed by atoms with E-state index in [-0.39, 0.29) is 18.7 Å². The Labute approximate surface area is 128 Å². The van der Waals surface area contributed by atoms with Crippen molar-refractivity contribution in [1.29, 1.82) is 0 Å². The van der Waals surface area contributed by atoms with Gasteiger partial charge in [0.1, 0.15) is 11.9 Å². The molecule has 2 aromatic rings. The highest BCUT2D eigenvalue weighted by atomic mass is 19.3. The number of H-pyrrole nitrogens is 1. The number of rotatable bonds is 3. The molecule has 1 atom stereocenters. The highest BCUT2D eigenvalue weighted by Gasteiger charge is 2.29. The number of nitrogens with zero attached hydrogens (tertiary/aromatic N) is 4. The van der Waals surface area contributed by atoms with Crippen LogP contribution in [-0.2, 0) is 4.74 Å². The fourth-order valence-corrected chi connectivity index (χ4v) is 2.32. The Balaban J connectivity index is 1.76. The Morgan fingerprint density at radius 2 is 2.26 bits per heavy atom. The van der Waals surface area contributed by atoms with E-state index in [4.69, 9.17) is 4.74 Å². The highest BCUT2D eigenvalue weighted by Crippen LogP contribution is 2.24. The number of aromatic nitrogens is 4. The van der Waals surface area contributed by atoms with Crippen LogP contribution in [0.4, 0.5) is 13.2 Å². The van der Waals surface area contributed by atoms with Crippen LogP contribution in [0.3, 0.4) is 0 Å². The van der Waals surface area contributed by atoms with Crippen molar-refractivity contribution in [2.45, 2.75) is 12.5 Å². The predicted octanol–water partition coefficient (Wildman–Crippen LogP) is 1.49. The van der Waals surface area contributed by atoms with Gasteiger partial charge in [-0.1, -0.05) is 5.21 Å². The average molecular weight is 327 g/mol. The minimum Gasteiger partial charge on any atom is -0.366 e. The number of aromatic amines is 1. The number of amides is 1. The second-order valence-corrected chi connectivity index (χ2v) is 4.92. The fourth-order valence-electron chi connectivity index (χ4n) is 2.32. The van der Waals surface area contributed by atoms with E-state index in [0.29, 0.717) is 12.4 Å². The van der Waals surface area contributed by atoms with Crippen LogP contribution < -0.4 is 0 Å². The first-order chi connectivity index (χ1) is 11.1. The summed E-state index contributed by atoms with van der Waals surface area (Å²) in [5, 5.41) is 13.3. The summed E-state index contributed by atoms with van der Waals surface area (Å²) < 4.78 is 44.2. The number of hydrogen-bond donors (Lipinski definition) is 1. The summed E-state index contributed by atoms with van der Waals surface area (Å²) in [6.07, 6.45) is -3.47. The lowest BCUT2D eigenvalue weighted by molar-refractivity contribution is -0.0268. The number of tetrazole rings is 1. The van der Waals surface area contributed by atoms with Gasteiger partial charge in [-0.05, 0) is 18.2 Å². The van der Waals surface area contributed by atoms with Gasteiger partial charge in [0.05, 0.1) is 18.7 Å². The Bertz CT molecular complexity index is 695. The number of morpholine rings is 1. The van der Waals surface area contributed by atoms with Gasteiger partial charge in [-0.3, -0.25) is 4.79 Å². The molecule has 1 N–H and O–H groups in total. The van der Waals surface area contributed by atoms with Crippen molar-refractivity contribution in [1.82, 2.24) is 25.5 Å². The minimum atomic E-state index is -2.93. The van der Waals surface area contributed by atoms with Crippen molar-refractivity contribution in [3.05, 3.63) is 41.0 Å². The lowest BCUT2D eigenvalue weighted by Crippen LogP contribution is -2.42. The Hall–Kier alpha value is -2.49. The smallest absolute Gasteiger partial charge is 0.266 e. The minimum absolute atomic E-state index is 0.000613. The molecule has 23 heavy (non-hydrogen) atoms. The molecule has 1 fully saturated rings. The molecular formula is C13H12F3N5O2. The van der Waals surface area contributed by atoms with Gasteiger partial charge in [0.15, 0.2) is 0 Å². The predicted molar refractivity (Wildman–Crippen MR) is 70.1 cm³/mol. The largest absolute Gasteiger partial charge is 0.366 e. The second kappa shape index (κ2) is 6.32. The number of benzene rings is 1. The Morgan fingerprint density at radius 1 is 1.43 bits per heavy atom. The summed E-state index contributed by atoms with van der Waals surface area (Å²) in [4.78, 5) is 13.8. The van der Waals surface area contributed by atoms with E-state index in [2.05, 4.69) is 20.6 Å². The summed E-state index contributed by atoms with van der Waals surface area (Å²) in [6, 6.07) is 2.93. The van der Waals surface area contributed by atoms with Gasteiger partial charge >= 0.3 is 0 Å². The first-order valence-corrected chi connectivity index (χ1v) is 6.78. The molecule has 1 amide bonds. The van der Waals surface area contributed by atoms with Gasteiger partial charge in [-0.15, -0.1) is 10.2 Å². The van der Waals surface area contributed by atoms with Crippen molar-refractivity contribution in [2.75, 3.05) is 19.7 Å². The summed E-state index contributed by atoms with van der Waals surface area (Å²) in [5.41, 5.74) is -0.728. The maximum atomic E-state index is 13.6. The van der Waals surface area contributed by atoms with Crippen LogP contribution >= 0.6 is 0 Å². The van der Waals surface area contributed by atoms with Crippen molar-refractivity contribution in [2.24, 2.45) is 0 Å². The normalized spacial score (nSPS) is 18.4. The molecule has 0 radical (unpaired) electrons. The molecule has 1 saturated heterocycles. The molecule has 122 valence electrons. The molecule has 0 spiro atoms. The molecule has 3 rings (SSSR count). The number of alkyl halides is 2. The third-order valence-corrected chi connectivity index (χ3v) is 3.49. The summed E-state index contributed by atoms with van der Waals surface area (Å²) in [7, 11) is 0. The molecule has 2 heterocycles. The molecule has 1 aromatic heterocycles. The van der Waals surface area contributed by atoms with Crippen LogP contribution in [0.25, 0.3) is 0 Å². The van der Waals surface area contributed by atoms with E-state index in [0.717, 1.165) is 12.1 Å². The fraction of sp³-hybridized carbons (Fsp3) is 0.385. The molecule has 10 heteroatoms. The van der Waals surface area contributed by atoms with E-state index in [1.807, 2.05) is 0 Å². The maximum absolute atomic E-state index is 13.6. The number of carbonyl (C=O) groups excluding carboxylic acids is 1. The average Bonchev–Trinajstić information content (AvgIpc) is 3.08. The third-order valence-electron chi connectivity index (χ3n) is 3.49. The van der Waals surface area contributed by atoms with Crippen molar-refractivity contribution < 1.29 is 22.7 Å². The zero-order chi connectivity index (χ0) is 16.4. The van der Waals surface area contributed by atoms with E-state index >= 15 is 0 Å². The third kappa shape index (κ3) is 3.16. The molecule has 1 aromatic carbocycles. The molecule has 1 aliphatic rings. The lowest BCUT2D eigenvalue weighted by Gasteiger charge is -2.31. The highest BCUT2D eigenvalue weighted by molar-refractivity contribution is 5.94. The first kappa shape index (κ1) is 15.4. The molecule has 1 unspecified atom stereocenters. The molecular weight excluding hydrogens is 315 g/mol. The second-order valence-electron chi connectivity index (χ2n) is 4.92. The van der Waals surface area contributed by atoms with E-state index in [9.17, 15) is 18.0 Å². The number of hydrogen-bond acceptors (Lipinski definition) is 5. The topological polar surface area (TPSA) is 84.0 Å². The van der Waals surface area contributed by atoms with Crippen molar-refractivity contribution in [3.63, 3.8) is 0 Å². The van der Waals surface area contributed by atoms with E-state index < -0.39 is 29.8 Å². The van der Waals surface area contributed by atoms with Crippen LogP contribution in [0, 0.1) is 5.82 Å². The summed E-state index contributed by atoms with van der Waals surface area (Å²) in [5.74, 6) is -1.27. The Kier molecular flexibility index (Phi) is 4.24. The van der Waals surface area contributed by atoms with Gasteiger partial charge in [-0.2, -0.15) is 5.21 Å². The van der Waals surface area contributed by atoms with Crippen LogP contribution in [0.15, 0.2) is 18.2 Å². The quantitative estimate of drug-likeness (QED) is 0.923. The van der Waals surface area contributed by atoms with Crippen LogP contribution in [0.1, 0.15) is 34.3 Å². The molecule has 0 bridgehead atoms. The first-order valence-electron chi connectivity index (χ1n) is 6.78. The summed E-state index contributed by atoms with van der Waals surface area (Å²) >= 11 is 0. The SMILES string of the molecule is O=C(c1ccc(C(F)F)c(F)c1)N1CCOC(c2nn[nH]n2)C1. The van der Waals surface area contributed by atoms with Crippen LogP contribution in [-0.4, -0.2) is 51.1 Å². The molecule has 1 aliphatic heterocycles. The zero-order valence-corrected chi connectivity index (χ0v) is 11.7. The monoisotopic (exact) mass is 327 g/mol. The maximum Gasteiger partial charge on any atom is 0.266 e. The number of carbonyl (C=O) groups is 1. The molecule has 0 saturated carbocycles. The van der Waals surface area contributed by atoms with Crippen molar-refractivity contribution in [3.8, 4) is 0 Å². The van der Waals surface area contributed by atoms with Gasteiger partial charge in [0, 0.05) is 12.1 Å². The van der Waals surface area contributed by atoms with Crippen LogP contribution in [0.5, 0.6) is 0 Å². The molecule has 7 nitrogen and oxygen atoms in total. The lowest BCUT2D eigenvalue weighted by atomic mass is 10.1. The zero-order valence-electron chi connectivity index (χ0n) is 11.7. The van der Waals surface area contributed by atoms with E-state index in [1.165, 1.54) is 11.0 Å². The number of nitrogens with one attached hydrogen (secondary N) is 1. The van der Waals surface area contributed by atoms with Crippen molar-refractivity contribution >= 4 is 5.91 Å². The van der Waals surface area contributed by atoms with Gasteiger partial charge in [-0.25, -0.2) is 13.2 Å². The van der Waals surface area contributed by atoms with Gasteiger partial charge in [0.25, 0.3) is 12.3 Å². The van der Waals surface area contributed by atoms with E-state index in [1.54, 1.807) is 0 Å². The summed E-state index contributed by atoms with van der Waals surface area (Å²) in [6.45, 7) is 0.713. The number of ether oxygens (including phenoxy) is 1.